The molecule has 0 saturated carbocycles. The number of thioether (sulfide) groups is 1. The van der Waals surface area contributed by atoms with Crippen LogP contribution in [0.25, 0.3) is 16.7 Å². The highest BCUT2D eigenvalue weighted by molar-refractivity contribution is 7.99. The Morgan fingerprint density at radius 3 is 2.71 bits per heavy atom. The van der Waals surface area contributed by atoms with Gasteiger partial charge in [-0.25, -0.2) is 19.3 Å². The molecule has 9 heteroatoms. The van der Waals surface area contributed by atoms with E-state index in [4.69, 9.17) is 0 Å². The first-order valence-electron chi connectivity index (χ1n) is 8.65. The van der Waals surface area contributed by atoms with E-state index in [2.05, 4.69) is 20.6 Å². The van der Waals surface area contributed by atoms with Crippen LogP contribution in [0.2, 0.25) is 0 Å². The first kappa shape index (κ1) is 19.6. The fourth-order valence-corrected chi connectivity index (χ4v) is 3.40. The molecule has 3 amide bonds. The smallest absolute Gasteiger partial charge is 0.321 e. The number of nitrogens with one attached hydrogen (secondary N) is 2. The normalized spacial score (nSPS) is 10.6. The van der Waals surface area contributed by atoms with Gasteiger partial charge in [-0.2, -0.15) is 0 Å². The number of benzene rings is 1. The van der Waals surface area contributed by atoms with Crippen molar-refractivity contribution in [2.75, 3.05) is 12.3 Å². The Balaban J connectivity index is 2.00. The van der Waals surface area contributed by atoms with Gasteiger partial charge in [-0.1, -0.05) is 30.0 Å². The summed E-state index contributed by atoms with van der Waals surface area (Å²) in [6.07, 6.45) is 1.60. The monoisotopic (exact) mass is 397 g/mol. The lowest BCUT2D eigenvalue weighted by Gasteiger charge is -2.14. The number of pyridine rings is 1. The summed E-state index contributed by atoms with van der Waals surface area (Å²) in [6.45, 7) is 4.02. The molecule has 3 rings (SSSR count). The molecule has 0 spiro atoms. The van der Waals surface area contributed by atoms with E-state index >= 15 is 0 Å². The number of nitrogens with zero attached hydrogens (tertiary/aromatic N) is 3. The average Bonchev–Trinajstić information content (AvgIpc) is 2.67. The van der Waals surface area contributed by atoms with Crippen LogP contribution in [0.5, 0.6) is 0 Å². The Morgan fingerprint density at radius 1 is 1.18 bits per heavy atom. The molecule has 0 unspecified atom stereocenters. The number of carbonyl (C=O) groups excluding carboxylic acids is 2. The molecule has 8 nitrogen and oxygen atoms in total. The summed E-state index contributed by atoms with van der Waals surface area (Å²) in [5, 5.41) is 5.52. The summed E-state index contributed by atoms with van der Waals surface area (Å²) in [4.78, 5) is 45.5. The van der Waals surface area contributed by atoms with Crippen molar-refractivity contribution in [1.82, 2.24) is 25.2 Å². The van der Waals surface area contributed by atoms with Crippen molar-refractivity contribution >= 4 is 34.6 Å². The zero-order chi connectivity index (χ0) is 20.1. The lowest BCUT2D eigenvalue weighted by atomic mass is 10.2. The quantitative estimate of drug-likeness (QED) is 0.504. The van der Waals surface area contributed by atoms with Crippen molar-refractivity contribution in [3.05, 3.63) is 58.5 Å². The first-order chi connectivity index (χ1) is 13.5. The number of imide groups is 1. The van der Waals surface area contributed by atoms with E-state index in [1.165, 1.54) is 4.57 Å². The van der Waals surface area contributed by atoms with Gasteiger partial charge in [0.1, 0.15) is 5.82 Å². The van der Waals surface area contributed by atoms with Crippen LogP contribution >= 0.6 is 11.8 Å². The average molecular weight is 397 g/mol. The van der Waals surface area contributed by atoms with Gasteiger partial charge in [-0.3, -0.25) is 14.9 Å². The van der Waals surface area contributed by atoms with Gasteiger partial charge in [0.05, 0.1) is 16.7 Å². The van der Waals surface area contributed by atoms with Crippen molar-refractivity contribution < 1.29 is 9.59 Å². The van der Waals surface area contributed by atoms with Crippen molar-refractivity contribution in [3.63, 3.8) is 0 Å². The molecule has 0 radical (unpaired) electrons. The van der Waals surface area contributed by atoms with Crippen LogP contribution in [0.4, 0.5) is 4.79 Å². The topological polar surface area (TPSA) is 106 Å². The molecule has 2 heterocycles. The lowest BCUT2D eigenvalue weighted by Crippen LogP contribution is -2.40. The number of hydrogen-bond donors (Lipinski definition) is 2. The summed E-state index contributed by atoms with van der Waals surface area (Å²) in [5.41, 5.74) is 1.07. The zero-order valence-electron chi connectivity index (χ0n) is 15.4. The van der Waals surface area contributed by atoms with Crippen LogP contribution in [0.1, 0.15) is 12.5 Å². The number of aryl methyl sites for hydroxylation is 1. The molecule has 2 aromatic heterocycles. The molecule has 1 aromatic carbocycles. The second-order valence-corrected chi connectivity index (χ2v) is 6.83. The minimum atomic E-state index is -0.558. The second-order valence-electron chi connectivity index (χ2n) is 5.89. The molecule has 3 aromatic rings. The van der Waals surface area contributed by atoms with Gasteiger partial charge < -0.3 is 5.32 Å². The van der Waals surface area contributed by atoms with Gasteiger partial charge in [-0.15, -0.1) is 0 Å². The third-order valence-corrected chi connectivity index (χ3v) is 4.80. The number of hydrogen-bond acceptors (Lipinski definition) is 6. The maximum Gasteiger partial charge on any atom is 0.321 e. The van der Waals surface area contributed by atoms with E-state index in [0.29, 0.717) is 28.4 Å². The van der Waals surface area contributed by atoms with Gasteiger partial charge in [-0.05, 0) is 37.6 Å². The molecule has 0 atom stereocenters. The lowest BCUT2D eigenvalue weighted by molar-refractivity contribution is -0.117. The van der Waals surface area contributed by atoms with E-state index < -0.39 is 11.9 Å². The second kappa shape index (κ2) is 8.66. The standard InChI is InChI=1S/C19H19N5O3S/c1-3-20-18(27)23-15(25)11-28-19-22-14-9-5-4-8-13(14)17(26)24(19)16-12(2)7-6-10-21-16/h4-10H,3,11H2,1-2H3,(H2,20,23,25,27). The molecule has 0 aliphatic rings. The van der Waals surface area contributed by atoms with Crippen molar-refractivity contribution in [2.45, 2.75) is 19.0 Å². The van der Waals surface area contributed by atoms with Crippen molar-refractivity contribution in [2.24, 2.45) is 0 Å². The Bertz CT molecular complexity index is 1100. The van der Waals surface area contributed by atoms with E-state index in [1.54, 1.807) is 43.5 Å². The predicted octanol–water partition coefficient (Wildman–Crippen LogP) is 2.03. The van der Waals surface area contributed by atoms with Gasteiger partial charge in [0.2, 0.25) is 5.91 Å². The van der Waals surface area contributed by atoms with Crippen LogP contribution in [-0.2, 0) is 4.79 Å². The minimum Gasteiger partial charge on any atom is -0.338 e. The number of carbonyl (C=O) groups is 2. The van der Waals surface area contributed by atoms with Crippen molar-refractivity contribution in [1.29, 1.82) is 0 Å². The molecule has 2 N–H and O–H groups in total. The number of urea groups is 1. The molecule has 28 heavy (non-hydrogen) atoms. The number of aromatic nitrogens is 3. The molecule has 144 valence electrons. The summed E-state index contributed by atoms with van der Waals surface area (Å²) < 4.78 is 1.40. The van der Waals surface area contributed by atoms with Gasteiger partial charge in [0, 0.05) is 12.7 Å². The fraction of sp³-hybridized carbons (Fsp3) is 0.211. The molecular formula is C19H19N5O3S. The van der Waals surface area contributed by atoms with Crippen LogP contribution in [0, 0.1) is 6.92 Å². The summed E-state index contributed by atoms with van der Waals surface area (Å²) >= 11 is 1.07. The molecular weight excluding hydrogens is 378 g/mol. The molecule has 0 fully saturated rings. The third-order valence-electron chi connectivity index (χ3n) is 3.86. The van der Waals surface area contributed by atoms with E-state index in [0.717, 1.165) is 17.3 Å². The van der Waals surface area contributed by atoms with Crippen LogP contribution in [0.3, 0.4) is 0 Å². The fourth-order valence-electron chi connectivity index (χ4n) is 2.60. The zero-order valence-corrected chi connectivity index (χ0v) is 16.2. The van der Waals surface area contributed by atoms with E-state index in [-0.39, 0.29) is 11.3 Å². The largest absolute Gasteiger partial charge is 0.338 e. The predicted molar refractivity (Wildman–Crippen MR) is 108 cm³/mol. The molecule has 0 aliphatic heterocycles. The van der Waals surface area contributed by atoms with Gasteiger partial charge in [0.15, 0.2) is 5.16 Å². The number of amides is 3. The first-order valence-corrected chi connectivity index (χ1v) is 9.64. The van der Waals surface area contributed by atoms with Crippen molar-refractivity contribution in [3.8, 4) is 5.82 Å². The van der Waals surface area contributed by atoms with Crippen LogP contribution in [0.15, 0.2) is 52.5 Å². The highest BCUT2D eigenvalue weighted by Gasteiger charge is 2.17. The minimum absolute atomic E-state index is 0.0756. The Morgan fingerprint density at radius 2 is 1.96 bits per heavy atom. The molecule has 0 saturated heterocycles. The van der Waals surface area contributed by atoms with E-state index in [1.807, 2.05) is 13.0 Å². The van der Waals surface area contributed by atoms with E-state index in [9.17, 15) is 14.4 Å². The van der Waals surface area contributed by atoms with Gasteiger partial charge >= 0.3 is 6.03 Å². The third kappa shape index (κ3) is 4.20. The number of rotatable bonds is 5. The Labute approximate surface area is 165 Å². The Kier molecular flexibility index (Phi) is 6.05. The molecule has 0 bridgehead atoms. The summed E-state index contributed by atoms with van der Waals surface area (Å²) in [6, 6.07) is 10.1. The SMILES string of the molecule is CCNC(=O)NC(=O)CSc1nc2ccccc2c(=O)n1-c1ncccc1C. The summed E-state index contributed by atoms with van der Waals surface area (Å²) in [5.74, 6) is -0.103. The van der Waals surface area contributed by atoms with Crippen LogP contribution < -0.4 is 16.2 Å². The summed E-state index contributed by atoms with van der Waals surface area (Å²) in [7, 11) is 0. The number of fused-ring (bicyclic) bond motifs is 1. The highest BCUT2D eigenvalue weighted by atomic mass is 32.2. The maximum atomic E-state index is 13.1. The van der Waals surface area contributed by atoms with Gasteiger partial charge in [0.25, 0.3) is 5.56 Å². The highest BCUT2D eigenvalue weighted by Crippen LogP contribution is 2.21. The number of para-hydroxylation sites is 1. The maximum absolute atomic E-state index is 13.1. The Hall–Kier alpha value is -3.20. The molecule has 0 aliphatic carbocycles. The van der Waals surface area contributed by atoms with Crippen LogP contribution in [-0.4, -0.2) is 38.8 Å².